The quantitative estimate of drug-likeness (QED) is 0.195. The fourth-order valence-corrected chi connectivity index (χ4v) is 10.6. The van der Waals surface area contributed by atoms with Gasteiger partial charge >= 0.3 is 0 Å². The van der Waals surface area contributed by atoms with Crippen LogP contribution in [0.15, 0.2) is 152 Å². The summed E-state index contributed by atoms with van der Waals surface area (Å²) in [5.41, 5.74) is 10.4. The van der Waals surface area contributed by atoms with Gasteiger partial charge in [0, 0.05) is 70.4 Å². The number of fused-ring (bicyclic) bond motifs is 10. The molecule has 0 amide bonds. The molecule has 0 aliphatic rings. The Morgan fingerprint density at radius 2 is 0.921 bits per heavy atom. The van der Waals surface area contributed by atoms with Crippen molar-refractivity contribution in [2.45, 2.75) is 0 Å². The Bertz CT molecular complexity index is 3810. The molecular weight excluding hydrogens is 780 g/mol. The predicted molar refractivity (Wildman–Crippen MR) is 270 cm³/mol. The molecule has 0 bridgehead atoms. The molecule has 0 aliphatic carbocycles. The number of aromatic nitrogens is 5. The normalized spacial score (nSPS) is 11.9. The number of hydrogen-bond donors (Lipinski definition) is 0. The number of thiophene rings is 1. The van der Waals surface area contributed by atoms with Crippen LogP contribution in [0.2, 0.25) is 0 Å². The van der Waals surface area contributed by atoms with E-state index < -0.39 is 0 Å². The Kier molecular flexibility index (Phi) is 8.54. The van der Waals surface area contributed by atoms with Gasteiger partial charge in [-0.3, -0.25) is 0 Å². The van der Waals surface area contributed by atoms with Crippen LogP contribution in [0, 0.1) is 0 Å². The van der Waals surface area contributed by atoms with Gasteiger partial charge in [0.05, 0.1) is 21.4 Å². The van der Waals surface area contributed by atoms with Crippen molar-refractivity contribution in [2.75, 3.05) is 0 Å². The zero-order chi connectivity index (χ0) is 42.7. The second-order valence-electron chi connectivity index (χ2n) is 15.8. The molecule has 12 radical (unpaired) electrons. The van der Waals surface area contributed by atoms with Gasteiger partial charge in [0.25, 0.3) is 0 Å². The maximum Gasteiger partial charge on any atom is 0.164 e. The minimum Gasteiger partial charge on any atom is -0.308 e. The summed E-state index contributed by atoms with van der Waals surface area (Å²) in [5, 5.41) is 5.07. The Labute approximate surface area is 374 Å². The molecule has 0 fully saturated rings. The van der Waals surface area contributed by atoms with Gasteiger partial charge in [-0.25, -0.2) is 15.0 Å². The maximum absolute atomic E-state index is 7.22. The van der Waals surface area contributed by atoms with E-state index in [1.807, 2.05) is 103 Å². The lowest BCUT2D eigenvalue weighted by Gasteiger charge is -2.16. The van der Waals surface area contributed by atoms with Crippen LogP contribution >= 0.6 is 11.3 Å². The summed E-state index contributed by atoms with van der Waals surface area (Å²) in [5.74, 6) is 1.76. The average Bonchev–Trinajstić information content (AvgIpc) is 3.97. The molecule has 0 saturated heterocycles. The Hall–Kier alpha value is -7.02. The van der Waals surface area contributed by atoms with Crippen molar-refractivity contribution in [1.82, 2.24) is 24.1 Å². The van der Waals surface area contributed by atoms with Crippen molar-refractivity contribution in [1.29, 1.82) is 0 Å². The molecule has 0 saturated carbocycles. The molecule has 4 aromatic heterocycles. The van der Waals surface area contributed by atoms with Crippen molar-refractivity contribution in [3.8, 4) is 45.5 Å². The van der Waals surface area contributed by atoms with Crippen LogP contribution in [0.4, 0.5) is 0 Å². The molecule has 278 valence electrons. The molecule has 4 heterocycles. The number of para-hydroxylation sites is 1. The summed E-state index contributed by atoms with van der Waals surface area (Å²) in [6, 6.07) is 50.1. The van der Waals surface area contributed by atoms with Gasteiger partial charge in [0.1, 0.15) is 47.1 Å². The minimum absolute atomic E-state index is 0.406. The minimum atomic E-state index is 0.406. The SMILES string of the molecule is [B]c1cc([B])c2c(c1)c1c([B])c([B])c3c4cc([B])cc([B])c4n(-c4cccc5c4sc4cccc(-c6nc(-c7ccccc7)nc(-c7ccccc7)n6)c45)c3c1n2-c1ccccc1. The van der Waals surface area contributed by atoms with Gasteiger partial charge in [-0.1, -0.05) is 160 Å². The van der Waals surface area contributed by atoms with E-state index in [4.69, 9.17) is 62.0 Å². The van der Waals surface area contributed by atoms with Crippen molar-refractivity contribution in [3.05, 3.63) is 152 Å². The van der Waals surface area contributed by atoms with E-state index in [0.717, 1.165) is 91.8 Å². The molecular formula is C51H25B6N5S. The van der Waals surface area contributed by atoms with Gasteiger partial charge < -0.3 is 9.13 Å². The first-order valence-corrected chi connectivity index (χ1v) is 21.2. The number of benzene rings is 8. The van der Waals surface area contributed by atoms with E-state index in [9.17, 15) is 0 Å². The standard InChI is InChI=1S/C51H25B6N5S/c52-28-22-33-40-42(56)43(57)41-34-23-29(53)25-36(55)45(34)62(47(41)46(40)61(44(33)35(54)24-28)30-16-8-3-9-17-30)37-20-10-18-31-39-32(19-11-21-38(39)63-48(31)37)51-59-49(26-12-4-1-5-13-26)58-50(60-51)27-14-6-2-7-15-27/h1-25H. The van der Waals surface area contributed by atoms with Crippen LogP contribution in [-0.4, -0.2) is 71.2 Å². The zero-order valence-electron chi connectivity index (χ0n) is 33.5. The second-order valence-corrected chi connectivity index (χ2v) is 16.8. The lowest BCUT2D eigenvalue weighted by atomic mass is 9.74. The summed E-state index contributed by atoms with van der Waals surface area (Å²) in [6.07, 6.45) is 0. The highest BCUT2D eigenvalue weighted by atomic mass is 32.1. The van der Waals surface area contributed by atoms with E-state index in [1.165, 1.54) is 0 Å². The maximum atomic E-state index is 7.22. The van der Waals surface area contributed by atoms with E-state index in [1.54, 1.807) is 23.5 Å². The summed E-state index contributed by atoms with van der Waals surface area (Å²) in [7, 11) is 41.4. The molecule has 12 aromatic rings. The van der Waals surface area contributed by atoms with Crippen LogP contribution in [-0.2, 0) is 0 Å². The van der Waals surface area contributed by atoms with Crippen LogP contribution in [0.5, 0.6) is 0 Å². The molecule has 0 atom stereocenters. The first kappa shape index (κ1) is 37.7. The topological polar surface area (TPSA) is 48.5 Å². The van der Waals surface area contributed by atoms with Crippen molar-refractivity contribution in [2.24, 2.45) is 0 Å². The highest BCUT2D eigenvalue weighted by Crippen LogP contribution is 2.45. The van der Waals surface area contributed by atoms with Crippen LogP contribution in [0.1, 0.15) is 0 Å². The summed E-state index contributed by atoms with van der Waals surface area (Å²) >= 11 is 1.69. The first-order valence-electron chi connectivity index (χ1n) is 20.4. The van der Waals surface area contributed by atoms with Gasteiger partial charge in [-0.2, -0.15) is 0 Å². The summed E-state index contributed by atoms with van der Waals surface area (Å²) in [6.45, 7) is 0. The lowest BCUT2D eigenvalue weighted by Crippen LogP contribution is -2.27. The van der Waals surface area contributed by atoms with Crippen LogP contribution in [0.3, 0.4) is 0 Å². The van der Waals surface area contributed by atoms with Gasteiger partial charge in [-0.05, 0) is 24.3 Å². The van der Waals surface area contributed by atoms with Crippen molar-refractivity contribution >= 4 is 155 Å². The summed E-state index contributed by atoms with van der Waals surface area (Å²) in [4.78, 5) is 15.2. The fourth-order valence-electron chi connectivity index (χ4n) is 9.41. The molecule has 12 heteroatoms. The molecule has 0 spiro atoms. The fraction of sp³-hybridized carbons (Fsp3) is 0. The van der Waals surface area contributed by atoms with E-state index in [-0.39, 0.29) is 0 Å². The van der Waals surface area contributed by atoms with Crippen LogP contribution < -0.4 is 32.8 Å². The molecule has 8 aromatic carbocycles. The van der Waals surface area contributed by atoms with Gasteiger partial charge in [0.2, 0.25) is 0 Å². The highest BCUT2D eigenvalue weighted by Gasteiger charge is 2.27. The van der Waals surface area contributed by atoms with Crippen LogP contribution in [0.25, 0.3) is 109 Å². The largest absolute Gasteiger partial charge is 0.308 e. The second kappa shape index (κ2) is 14.3. The summed E-state index contributed by atoms with van der Waals surface area (Å²) < 4.78 is 6.46. The Morgan fingerprint density at radius 3 is 1.51 bits per heavy atom. The molecule has 0 unspecified atom stereocenters. The third kappa shape index (κ3) is 5.67. The van der Waals surface area contributed by atoms with E-state index >= 15 is 0 Å². The highest BCUT2D eigenvalue weighted by molar-refractivity contribution is 7.26. The van der Waals surface area contributed by atoms with E-state index in [0.29, 0.717) is 50.3 Å². The third-order valence-electron chi connectivity index (χ3n) is 12.0. The third-order valence-corrected chi connectivity index (χ3v) is 13.2. The smallest absolute Gasteiger partial charge is 0.164 e. The average molecular weight is 805 g/mol. The molecule has 0 aliphatic heterocycles. The molecule has 12 rings (SSSR count). The lowest BCUT2D eigenvalue weighted by molar-refractivity contribution is 1.08. The Morgan fingerprint density at radius 1 is 0.413 bits per heavy atom. The first-order chi connectivity index (χ1) is 30.7. The monoisotopic (exact) mass is 805 g/mol. The number of rotatable bonds is 5. The Balaban J connectivity index is 1.23. The molecule has 5 nitrogen and oxygen atoms in total. The number of hydrogen-bond acceptors (Lipinski definition) is 4. The van der Waals surface area contributed by atoms with Crippen molar-refractivity contribution < 1.29 is 0 Å². The predicted octanol–water partition coefficient (Wildman–Crippen LogP) is 6.20. The van der Waals surface area contributed by atoms with E-state index in [2.05, 4.69) is 45.5 Å². The van der Waals surface area contributed by atoms with Crippen molar-refractivity contribution in [3.63, 3.8) is 0 Å². The zero-order valence-corrected chi connectivity index (χ0v) is 34.4. The van der Waals surface area contributed by atoms with Gasteiger partial charge in [-0.15, -0.1) is 11.3 Å². The number of nitrogens with zero attached hydrogens (tertiary/aromatic N) is 5. The van der Waals surface area contributed by atoms with Gasteiger partial charge in [0.15, 0.2) is 17.5 Å². The molecule has 0 N–H and O–H groups in total. The molecule has 63 heavy (non-hydrogen) atoms.